The number of pyridine rings is 1. The highest BCUT2D eigenvalue weighted by Crippen LogP contribution is 2.33. The number of benzene rings is 2. The Morgan fingerprint density at radius 2 is 1.84 bits per heavy atom. The first kappa shape index (κ1) is 23.5. The Morgan fingerprint density at radius 3 is 2.68 bits per heavy atom. The second-order valence-corrected chi connectivity index (χ2v) is 10.2. The van der Waals surface area contributed by atoms with Gasteiger partial charge in [-0.2, -0.15) is 5.10 Å². The number of fused-ring (bicyclic) bond motifs is 2. The van der Waals surface area contributed by atoms with Crippen LogP contribution in [0.2, 0.25) is 0 Å². The maximum atomic E-state index is 14.9. The summed E-state index contributed by atoms with van der Waals surface area (Å²) < 4.78 is 14.9. The van der Waals surface area contributed by atoms with Gasteiger partial charge in [-0.25, -0.2) is 9.49 Å². The summed E-state index contributed by atoms with van der Waals surface area (Å²) in [6.07, 6.45) is 4.99. The van der Waals surface area contributed by atoms with Crippen molar-refractivity contribution in [2.45, 2.75) is 19.4 Å². The topological polar surface area (TPSA) is 82.2 Å². The summed E-state index contributed by atoms with van der Waals surface area (Å²) in [6.45, 7) is 4.08. The molecule has 188 valence electrons. The number of carbonyl (C=O) groups is 1. The van der Waals surface area contributed by atoms with E-state index in [2.05, 4.69) is 26.1 Å². The molecule has 7 nitrogen and oxygen atoms in total. The van der Waals surface area contributed by atoms with Gasteiger partial charge in [0, 0.05) is 56.9 Å². The quantitative estimate of drug-likeness (QED) is 0.455. The fraction of sp³-hybridized carbons (Fsp3) is 0.310. The number of halogens is 1. The fourth-order valence-corrected chi connectivity index (χ4v) is 5.85. The number of hydrogen-bond donors (Lipinski definition) is 1. The first-order chi connectivity index (χ1) is 18.0. The molecule has 2 aliphatic rings. The van der Waals surface area contributed by atoms with Crippen LogP contribution < -0.4 is 5.56 Å². The first-order valence-corrected chi connectivity index (χ1v) is 12.7. The summed E-state index contributed by atoms with van der Waals surface area (Å²) in [6, 6.07) is 16.0. The van der Waals surface area contributed by atoms with Gasteiger partial charge >= 0.3 is 0 Å². The number of nitrogens with zero attached hydrogens (tertiary/aromatic N) is 4. The maximum Gasteiger partial charge on any atom is 0.272 e. The van der Waals surface area contributed by atoms with Crippen LogP contribution in [-0.4, -0.2) is 57.1 Å². The number of aromatic nitrogens is 3. The predicted molar refractivity (Wildman–Crippen MR) is 139 cm³/mol. The van der Waals surface area contributed by atoms with Gasteiger partial charge in [0.25, 0.3) is 11.5 Å². The first-order valence-electron chi connectivity index (χ1n) is 12.7. The van der Waals surface area contributed by atoms with Crippen LogP contribution in [0.3, 0.4) is 0 Å². The van der Waals surface area contributed by atoms with Crippen LogP contribution in [0.1, 0.15) is 33.6 Å². The van der Waals surface area contributed by atoms with Crippen LogP contribution in [0.4, 0.5) is 4.39 Å². The van der Waals surface area contributed by atoms with Crippen molar-refractivity contribution < 1.29 is 9.18 Å². The maximum absolute atomic E-state index is 14.9. The van der Waals surface area contributed by atoms with Crippen molar-refractivity contribution in [2.24, 2.45) is 11.8 Å². The van der Waals surface area contributed by atoms with Crippen LogP contribution in [0.25, 0.3) is 10.8 Å². The van der Waals surface area contributed by atoms with Crippen LogP contribution in [0.15, 0.2) is 71.8 Å². The van der Waals surface area contributed by atoms with Gasteiger partial charge in [-0.1, -0.05) is 30.3 Å². The number of carbonyl (C=O) groups excluding carboxylic acids is 1. The minimum atomic E-state index is -0.514. The van der Waals surface area contributed by atoms with Crippen LogP contribution in [0, 0.1) is 17.7 Å². The third-order valence-corrected chi connectivity index (χ3v) is 7.70. The molecule has 2 fully saturated rings. The molecule has 2 atom stereocenters. The zero-order valence-corrected chi connectivity index (χ0v) is 20.4. The molecular weight excluding hydrogens is 469 g/mol. The van der Waals surface area contributed by atoms with Crippen molar-refractivity contribution in [1.82, 2.24) is 25.0 Å². The van der Waals surface area contributed by atoms with E-state index < -0.39 is 5.82 Å². The van der Waals surface area contributed by atoms with E-state index in [-0.39, 0.29) is 17.0 Å². The third-order valence-electron chi connectivity index (χ3n) is 7.70. The molecule has 0 bridgehead atoms. The number of amides is 1. The number of rotatable bonds is 5. The van der Waals surface area contributed by atoms with E-state index >= 15 is 0 Å². The molecule has 2 aliphatic heterocycles. The summed E-state index contributed by atoms with van der Waals surface area (Å²) in [7, 11) is 0. The Bertz CT molecular complexity index is 1510. The van der Waals surface area contributed by atoms with E-state index in [9.17, 15) is 14.0 Å². The molecule has 37 heavy (non-hydrogen) atoms. The van der Waals surface area contributed by atoms with E-state index in [1.807, 2.05) is 35.4 Å². The normalized spacial score (nSPS) is 19.8. The molecule has 8 heteroatoms. The van der Waals surface area contributed by atoms with Gasteiger partial charge in [0.1, 0.15) is 5.82 Å². The summed E-state index contributed by atoms with van der Waals surface area (Å²) in [4.78, 5) is 34.0. The second-order valence-electron chi connectivity index (χ2n) is 10.2. The van der Waals surface area contributed by atoms with E-state index in [0.717, 1.165) is 37.0 Å². The number of aromatic amines is 1. The lowest BCUT2D eigenvalue weighted by molar-refractivity contribution is 0.0637. The van der Waals surface area contributed by atoms with Gasteiger partial charge in [0.2, 0.25) is 0 Å². The molecule has 6 rings (SSSR count). The summed E-state index contributed by atoms with van der Waals surface area (Å²) in [5.41, 5.74) is 2.49. The van der Waals surface area contributed by atoms with Gasteiger partial charge in [-0.05, 0) is 53.6 Å². The van der Waals surface area contributed by atoms with Crippen molar-refractivity contribution in [3.63, 3.8) is 0 Å². The number of piperidine rings is 1. The molecule has 2 aromatic heterocycles. The molecule has 2 aromatic carbocycles. The Labute approximate surface area is 214 Å². The molecule has 1 unspecified atom stereocenters. The van der Waals surface area contributed by atoms with E-state index in [0.29, 0.717) is 42.4 Å². The number of nitrogens with one attached hydrogen (secondary N) is 1. The molecule has 0 aliphatic carbocycles. The number of likely N-dealkylation sites (tertiary alicyclic amines) is 2. The molecule has 2 saturated heterocycles. The van der Waals surface area contributed by atoms with Crippen molar-refractivity contribution in [2.75, 3.05) is 26.2 Å². The van der Waals surface area contributed by atoms with E-state index in [4.69, 9.17) is 0 Å². The van der Waals surface area contributed by atoms with Crippen molar-refractivity contribution in [3.8, 4) is 0 Å². The lowest BCUT2D eigenvalue weighted by Crippen LogP contribution is -2.43. The lowest BCUT2D eigenvalue weighted by Gasteiger charge is -2.34. The summed E-state index contributed by atoms with van der Waals surface area (Å²) in [5, 5.41) is 8.08. The Hall–Kier alpha value is -3.91. The highest BCUT2D eigenvalue weighted by atomic mass is 19.1. The standard InChI is InChI=1S/C29H28FN5O2/c30-26-8-7-19(13-27-23-5-1-2-6-24(23)28(36)33-32-27)12-25(26)29(37)35-11-9-21-16-34(17-22(21)18-35)15-20-4-3-10-31-14-20/h1-8,10,12,14,21-22H,9,11,13,15-18H2,(H,33,36)/t21-,22?/m1/s1. The Morgan fingerprint density at radius 1 is 1.00 bits per heavy atom. The summed E-state index contributed by atoms with van der Waals surface area (Å²) in [5.74, 6) is 0.163. The van der Waals surface area contributed by atoms with Gasteiger partial charge in [-0.3, -0.25) is 19.5 Å². The molecule has 4 heterocycles. The van der Waals surface area contributed by atoms with E-state index in [1.54, 1.807) is 24.4 Å². The average molecular weight is 498 g/mol. The number of H-pyrrole nitrogens is 1. The average Bonchev–Trinajstić information content (AvgIpc) is 3.33. The molecule has 1 N–H and O–H groups in total. The van der Waals surface area contributed by atoms with Crippen LogP contribution in [0.5, 0.6) is 0 Å². The Kier molecular flexibility index (Phi) is 6.26. The highest BCUT2D eigenvalue weighted by molar-refractivity contribution is 5.95. The van der Waals surface area contributed by atoms with Gasteiger partial charge < -0.3 is 4.90 Å². The minimum absolute atomic E-state index is 0.0925. The largest absolute Gasteiger partial charge is 0.338 e. The highest BCUT2D eigenvalue weighted by Gasteiger charge is 2.38. The molecule has 1 amide bonds. The number of hydrogen-bond acceptors (Lipinski definition) is 5. The van der Waals surface area contributed by atoms with Crippen molar-refractivity contribution in [3.05, 3.63) is 106 Å². The third kappa shape index (κ3) is 4.76. The molecular formula is C29H28FN5O2. The van der Waals surface area contributed by atoms with Gasteiger partial charge in [-0.15, -0.1) is 0 Å². The monoisotopic (exact) mass is 497 g/mol. The SMILES string of the molecule is O=C(c1cc(Cc2n[nH]c(=O)c3ccccc23)ccc1F)N1CC[C@@H]2CN(Cc3cccnc3)CC2C1. The predicted octanol–water partition coefficient (Wildman–Crippen LogP) is 3.64. The zero-order valence-electron chi connectivity index (χ0n) is 20.4. The molecule has 0 spiro atoms. The van der Waals surface area contributed by atoms with Gasteiger partial charge in [0.05, 0.1) is 16.6 Å². The van der Waals surface area contributed by atoms with Crippen LogP contribution in [-0.2, 0) is 13.0 Å². The molecule has 0 saturated carbocycles. The smallest absolute Gasteiger partial charge is 0.272 e. The summed E-state index contributed by atoms with van der Waals surface area (Å²) >= 11 is 0. The Balaban J connectivity index is 1.17. The minimum Gasteiger partial charge on any atom is -0.338 e. The fourth-order valence-electron chi connectivity index (χ4n) is 5.85. The van der Waals surface area contributed by atoms with Gasteiger partial charge in [0.15, 0.2) is 0 Å². The van der Waals surface area contributed by atoms with Crippen molar-refractivity contribution in [1.29, 1.82) is 0 Å². The zero-order chi connectivity index (χ0) is 25.4. The molecule has 0 radical (unpaired) electrons. The van der Waals surface area contributed by atoms with E-state index in [1.165, 1.54) is 11.6 Å². The second kappa shape index (κ2) is 9.86. The molecule has 4 aromatic rings. The van der Waals surface area contributed by atoms with Crippen LogP contribution >= 0.6 is 0 Å². The lowest BCUT2D eigenvalue weighted by atomic mass is 9.88. The van der Waals surface area contributed by atoms with Crippen molar-refractivity contribution >= 4 is 16.7 Å².